The maximum absolute atomic E-state index is 13.9. The molecule has 0 heterocycles. The van der Waals surface area contributed by atoms with Crippen LogP contribution in [0.4, 0.5) is 5.69 Å². The van der Waals surface area contributed by atoms with Crippen LogP contribution in [0.15, 0.2) is 83.8 Å². The lowest BCUT2D eigenvalue weighted by Crippen LogP contribution is -2.53. The van der Waals surface area contributed by atoms with E-state index in [2.05, 4.69) is 5.32 Å². The highest BCUT2D eigenvalue weighted by atomic mass is 32.2. The minimum atomic E-state index is -4.11. The molecule has 8 nitrogen and oxygen atoms in total. The Kier molecular flexibility index (Phi) is 10.1. The van der Waals surface area contributed by atoms with Crippen LogP contribution in [0, 0.1) is 6.92 Å². The molecule has 0 fully saturated rings. The van der Waals surface area contributed by atoms with E-state index in [1.54, 1.807) is 43.3 Å². The average Bonchev–Trinajstić information content (AvgIpc) is 2.92. The van der Waals surface area contributed by atoms with Gasteiger partial charge in [-0.15, -0.1) is 0 Å². The number of benzene rings is 3. The monoisotopic (exact) mass is 551 g/mol. The number of hydrogen-bond acceptors (Lipinski definition) is 5. The summed E-state index contributed by atoms with van der Waals surface area (Å²) in [6.07, 6.45) is 0.513. The number of nitrogens with zero attached hydrogens (tertiary/aromatic N) is 2. The number of rotatable bonds is 12. The Labute approximate surface area is 231 Å². The van der Waals surface area contributed by atoms with Gasteiger partial charge in [0.25, 0.3) is 10.0 Å². The number of methoxy groups -OCH3 is 1. The molecule has 0 aliphatic heterocycles. The standard InChI is InChI=1S/C30H37N3O5S/c1-22(2)31-30(35)24(4)32(20-19-25-9-7-6-8-10-25)29(34)21-33(26-13-15-27(38-5)16-14-26)39(36,37)28-17-11-23(3)12-18-28/h6-18,22,24H,19-21H2,1-5H3,(H,31,35). The lowest BCUT2D eigenvalue weighted by atomic mass is 10.1. The maximum atomic E-state index is 13.9. The van der Waals surface area contributed by atoms with Crippen LogP contribution in [0.5, 0.6) is 5.75 Å². The number of carbonyl (C=O) groups excluding carboxylic acids is 2. The lowest BCUT2D eigenvalue weighted by molar-refractivity contribution is -0.139. The molecule has 3 aromatic rings. The van der Waals surface area contributed by atoms with E-state index in [9.17, 15) is 18.0 Å². The number of sulfonamides is 1. The minimum Gasteiger partial charge on any atom is -0.497 e. The third-order valence-corrected chi connectivity index (χ3v) is 8.12. The van der Waals surface area contributed by atoms with Crippen LogP contribution in [0.25, 0.3) is 0 Å². The van der Waals surface area contributed by atoms with E-state index in [0.717, 1.165) is 15.4 Å². The van der Waals surface area contributed by atoms with Gasteiger partial charge in [0.15, 0.2) is 0 Å². The summed E-state index contributed by atoms with van der Waals surface area (Å²) in [7, 11) is -2.59. The Morgan fingerprint density at radius 2 is 1.51 bits per heavy atom. The van der Waals surface area contributed by atoms with Crippen LogP contribution in [-0.4, -0.2) is 57.4 Å². The fraction of sp³-hybridized carbons (Fsp3) is 0.333. The molecule has 1 atom stereocenters. The van der Waals surface area contributed by atoms with Gasteiger partial charge >= 0.3 is 0 Å². The molecule has 39 heavy (non-hydrogen) atoms. The molecule has 0 spiro atoms. The Hall–Kier alpha value is -3.85. The van der Waals surface area contributed by atoms with Crippen molar-refractivity contribution in [1.82, 2.24) is 10.2 Å². The Bertz CT molecular complexity index is 1340. The number of nitrogens with one attached hydrogen (secondary N) is 1. The van der Waals surface area contributed by atoms with Gasteiger partial charge in [-0.25, -0.2) is 8.42 Å². The average molecular weight is 552 g/mol. The van der Waals surface area contributed by atoms with E-state index < -0.39 is 28.5 Å². The number of anilines is 1. The van der Waals surface area contributed by atoms with Crippen LogP contribution >= 0.6 is 0 Å². The predicted molar refractivity (Wildman–Crippen MR) is 153 cm³/mol. The normalized spacial score (nSPS) is 12.1. The zero-order valence-electron chi connectivity index (χ0n) is 23.1. The van der Waals surface area contributed by atoms with Gasteiger partial charge in [-0.2, -0.15) is 0 Å². The third kappa shape index (κ3) is 7.83. The fourth-order valence-electron chi connectivity index (χ4n) is 4.09. The second kappa shape index (κ2) is 13.3. The summed E-state index contributed by atoms with van der Waals surface area (Å²) >= 11 is 0. The number of amides is 2. The van der Waals surface area contributed by atoms with Gasteiger partial charge in [0.2, 0.25) is 11.8 Å². The van der Waals surface area contributed by atoms with E-state index in [4.69, 9.17) is 4.74 Å². The quantitative estimate of drug-likeness (QED) is 0.364. The SMILES string of the molecule is COc1ccc(N(CC(=O)N(CCc2ccccc2)C(C)C(=O)NC(C)C)S(=O)(=O)c2ccc(C)cc2)cc1. The topological polar surface area (TPSA) is 96.0 Å². The molecule has 2 amide bonds. The molecule has 0 aliphatic carbocycles. The first-order valence-corrected chi connectivity index (χ1v) is 14.3. The molecule has 0 aromatic heterocycles. The van der Waals surface area contributed by atoms with Crippen molar-refractivity contribution in [2.24, 2.45) is 0 Å². The van der Waals surface area contributed by atoms with E-state index in [1.807, 2.05) is 51.1 Å². The van der Waals surface area contributed by atoms with Crippen LogP contribution in [-0.2, 0) is 26.0 Å². The van der Waals surface area contributed by atoms with Gasteiger partial charge in [-0.3, -0.25) is 13.9 Å². The number of aryl methyl sites for hydroxylation is 1. The molecule has 9 heteroatoms. The summed E-state index contributed by atoms with van der Waals surface area (Å²) in [6, 6.07) is 21.7. The first-order chi connectivity index (χ1) is 18.5. The summed E-state index contributed by atoms with van der Waals surface area (Å²) in [5.74, 6) is -0.228. The van der Waals surface area contributed by atoms with Crippen molar-refractivity contribution in [3.63, 3.8) is 0 Å². The second-order valence-electron chi connectivity index (χ2n) is 9.68. The molecule has 0 aliphatic rings. The van der Waals surface area contributed by atoms with E-state index in [-0.39, 0.29) is 23.4 Å². The largest absolute Gasteiger partial charge is 0.497 e. The zero-order chi connectivity index (χ0) is 28.6. The Morgan fingerprint density at radius 3 is 2.08 bits per heavy atom. The van der Waals surface area contributed by atoms with Crippen molar-refractivity contribution < 1.29 is 22.7 Å². The summed E-state index contributed by atoms with van der Waals surface area (Å²) < 4.78 is 34.0. The van der Waals surface area contributed by atoms with Crippen molar-refractivity contribution in [3.05, 3.63) is 90.0 Å². The van der Waals surface area contributed by atoms with Crippen LogP contribution < -0.4 is 14.4 Å². The summed E-state index contributed by atoms with van der Waals surface area (Å²) in [5, 5.41) is 2.86. The minimum absolute atomic E-state index is 0.0677. The van der Waals surface area contributed by atoms with Crippen molar-refractivity contribution in [2.75, 3.05) is 24.5 Å². The Balaban J connectivity index is 1.98. The number of hydrogen-bond donors (Lipinski definition) is 1. The molecule has 0 bridgehead atoms. The molecular weight excluding hydrogens is 514 g/mol. The van der Waals surface area contributed by atoms with Crippen molar-refractivity contribution in [2.45, 2.75) is 51.1 Å². The maximum Gasteiger partial charge on any atom is 0.264 e. The van der Waals surface area contributed by atoms with E-state index >= 15 is 0 Å². The summed E-state index contributed by atoms with van der Waals surface area (Å²) in [4.78, 5) is 28.3. The molecule has 0 saturated heterocycles. The molecule has 208 valence electrons. The molecule has 1 N–H and O–H groups in total. The van der Waals surface area contributed by atoms with E-state index in [1.165, 1.54) is 24.1 Å². The first-order valence-electron chi connectivity index (χ1n) is 12.9. The van der Waals surface area contributed by atoms with Gasteiger partial charge in [0.05, 0.1) is 17.7 Å². The van der Waals surface area contributed by atoms with Crippen LogP contribution in [0.2, 0.25) is 0 Å². The molecule has 3 aromatic carbocycles. The molecule has 0 saturated carbocycles. The first kappa shape index (κ1) is 29.7. The highest BCUT2D eigenvalue weighted by Gasteiger charge is 2.32. The van der Waals surface area contributed by atoms with Crippen LogP contribution in [0.1, 0.15) is 31.9 Å². The van der Waals surface area contributed by atoms with E-state index in [0.29, 0.717) is 17.9 Å². The molecule has 3 rings (SSSR count). The number of carbonyl (C=O) groups is 2. The number of ether oxygens (including phenoxy) is 1. The van der Waals surface area contributed by atoms with Crippen molar-refractivity contribution in [3.8, 4) is 5.75 Å². The summed E-state index contributed by atoms with van der Waals surface area (Å²) in [5.41, 5.74) is 2.23. The predicted octanol–water partition coefficient (Wildman–Crippen LogP) is 4.18. The van der Waals surface area contributed by atoms with Gasteiger partial charge < -0.3 is 15.0 Å². The van der Waals surface area contributed by atoms with Gasteiger partial charge in [-0.1, -0.05) is 48.0 Å². The van der Waals surface area contributed by atoms with Crippen LogP contribution in [0.3, 0.4) is 0 Å². The molecule has 0 radical (unpaired) electrons. The summed E-state index contributed by atoms with van der Waals surface area (Å²) in [6.45, 7) is 7.00. The molecular formula is C30H37N3O5S. The lowest BCUT2D eigenvalue weighted by Gasteiger charge is -2.32. The van der Waals surface area contributed by atoms with Crippen molar-refractivity contribution in [1.29, 1.82) is 0 Å². The third-order valence-electron chi connectivity index (χ3n) is 6.33. The van der Waals surface area contributed by atoms with Gasteiger partial charge in [0.1, 0.15) is 18.3 Å². The van der Waals surface area contributed by atoms with Gasteiger partial charge in [-0.05, 0) is 76.1 Å². The zero-order valence-corrected chi connectivity index (χ0v) is 23.9. The Morgan fingerprint density at radius 1 is 0.897 bits per heavy atom. The smallest absolute Gasteiger partial charge is 0.264 e. The molecule has 1 unspecified atom stereocenters. The van der Waals surface area contributed by atoms with Crippen molar-refractivity contribution >= 4 is 27.5 Å². The fourth-order valence-corrected chi connectivity index (χ4v) is 5.50. The highest BCUT2D eigenvalue weighted by molar-refractivity contribution is 7.92. The van der Waals surface area contributed by atoms with Gasteiger partial charge in [0, 0.05) is 12.6 Å². The second-order valence-corrected chi connectivity index (χ2v) is 11.5. The highest BCUT2D eigenvalue weighted by Crippen LogP contribution is 2.26.